The number of sulfonamides is 1. The van der Waals surface area contributed by atoms with Gasteiger partial charge in [-0.15, -0.1) is 10.2 Å². The molecule has 1 amide bonds. The lowest BCUT2D eigenvalue weighted by Gasteiger charge is -2.29. The zero-order chi connectivity index (χ0) is 22.0. The SMILES string of the molecule is CC1CCC(NC(=O)c2nnc(-c3ccc(S(=O)(=O)N4CCC(C)CC4)cc3)o2)CC1. The molecule has 9 heteroatoms. The third-order valence-corrected chi connectivity index (χ3v) is 8.36. The molecule has 4 rings (SSSR count). The van der Waals surface area contributed by atoms with Crippen LogP contribution in [0.2, 0.25) is 0 Å². The normalized spacial score (nSPS) is 23.5. The van der Waals surface area contributed by atoms with Crippen molar-refractivity contribution in [1.29, 1.82) is 0 Å². The first-order valence-corrected chi connectivity index (χ1v) is 12.5. The van der Waals surface area contributed by atoms with Crippen LogP contribution in [0.4, 0.5) is 0 Å². The molecule has 1 aliphatic heterocycles. The van der Waals surface area contributed by atoms with Gasteiger partial charge in [-0.3, -0.25) is 4.79 Å². The van der Waals surface area contributed by atoms with Crippen LogP contribution in [0.25, 0.3) is 11.5 Å². The number of nitrogens with one attached hydrogen (secondary N) is 1. The van der Waals surface area contributed by atoms with E-state index in [2.05, 4.69) is 29.4 Å². The Balaban J connectivity index is 1.41. The van der Waals surface area contributed by atoms with Gasteiger partial charge in [0.25, 0.3) is 0 Å². The number of nitrogens with zero attached hydrogens (tertiary/aromatic N) is 3. The van der Waals surface area contributed by atoms with Crippen molar-refractivity contribution < 1.29 is 17.6 Å². The fourth-order valence-corrected chi connectivity index (χ4v) is 5.70. The zero-order valence-corrected chi connectivity index (χ0v) is 18.9. The molecule has 1 N–H and O–H groups in total. The van der Waals surface area contributed by atoms with Crippen molar-refractivity contribution in [3.8, 4) is 11.5 Å². The number of carbonyl (C=O) groups is 1. The highest BCUT2D eigenvalue weighted by molar-refractivity contribution is 7.89. The standard InChI is InChI=1S/C22H30N4O4S/c1-15-3-7-18(8-4-15)23-20(27)22-25-24-21(30-22)17-5-9-19(10-6-17)31(28,29)26-13-11-16(2)12-14-26/h5-6,9-10,15-16,18H,3-4,7-8,11-14H2,1-2H3,(H,23,27). The lowest BCUT2D eigenvalue weighted by Crippen LogP contribution is -2.37. The zero-order valence-electron chi connectivity index (χ0n) is 18.1. The van der Waals surface area contributed by atoms with E-state index in [9.17, 15) is 13.2 Å². The van der Waals surface area contributed by atoms with E-state index in [1.54, 1.807) is 28.6 Å². The fourth-order valence-electron chi connectivity index (χ4n) is 4.23. The molecule has 168 valence electrons. The van der Waals surface area contributed by atoms with Gasteiger partial charge in [-0.05, 0) is 74.6 Å². The number of amides is 1. The maximum absolute atomic E-state index is 12.9. The van der Waals surface area contributed by atoms with Crippen LogP contribution in [-0.2, 0) is 10.0 Å². The maximum Gasteiger partial charge on any atom is 0.309 e. The Kier molecular flexibility index (Phi) is 6.43. The van der Waals surface area contributed by atoms with E-state index in [1.807, 2.05) is 0 Å². The van der Waals surface area contributed by atoms with E-state index >= 15 is 0 Å². The number of hydrogen-bond acceptors (Lipinski definition) is 6. The number of rotatable bonds is 5. The number of hydrogen-bond donors (Lipinski definition) is 1. The minimum Gasteiger partial charge on any atom is -0.412 e. The average Bonchev–Trinajstić information content (AvgIpc) is 3.26. The van der Waals surface area contributed by atoms with Gasteiger partial charge < -0.3 is 9.73 Å². The second-order valence-electron chi connectivity index (χ2n) is 8.95. The number of carbonyl (C=O) groups excluding carboxylic acids is 1. The summed E-state index contributed by atoms with van der Waals surface area (Å²) in [7, 11) is -3.51. The first-order valence-electron chi connectivity index (χ1n) is 11.1. The van der Waals surface area contributed by atoms with E-state index in [0.29, 0.717) is 30.5 Å². The molecule has 1 aromatic heterocycles. The molecule has 1 saturated heterocycles. The molecule has 2 aromatic rings. The molecule has 0 spiro atoms. The van der Waals surface area contributed by atoms with Gasteiger partial charge in [0, 0.05) is 24.7 Å². The predicted molar refractivity (Wildman–Crippen MR) is 116 cm³/mol. The Hall–Kier alpha value is -2.26. The molecule has 0 bridgehead atoms. The Bertz CT molecular complexity index is 1000. The van der Waals surface area contributed by atoms with E-state index in [1.165, 1.54) is 0 Å². The molecule has 2 fully saturated rings. The van der Waals surface area contributed by atoms with Gasteiger partial charge in [0.1, 0.15) is 0 Å². The average molecular weight is 447 g/mol. The fraction of sp³-hybridized carbons (Fsp3) is 0.591. The molecule has 2 heterocycles. The second kappa shape index (κ2) is 9.08. The van der Waals surface area contributed by atoms with Gasteiger partial charge in [-0.25, -0.2) is 8.42 Å². The molecular formula is C22H30N4O4S. The molecule has 0 unspecified atom stereocenters. The number of aromatic nitrogens is 2. The number of benzene rings is 1. The molecule has 31 heavy (non-hydrogen) atoms. The van der Waals surface area contributed by atoms with Gasteiger partial charge in [0.15, 0.2) is 0 Å². The predicted octanol–water partition coefficient (Wildman–Crippen LogP) is 3.47. The summed E-state index contributed by atoms with van der Waals surface area (Å²) in [5.41, 5.74) is 0.573. The van der Waals surface area contributed by atoms with E-state index in [4.69, 9.17) is 4.42 Å². The summed E-state index contributed by atoms with van der Waals surface area (Å²) in [6.07, 6.45) is 5.88. The van der Waals surface area contributed by atoms with Crippen LogP contribution in [-0.4, -0.2) is 48.0 Å². The Morgan fingerprint density at radius 2 is 1.58 bits per heavy atom. The number of piperidine rings is 1. The third-order valence-electron chi connectivity index (χ3n) is 6.45. The third kappa shape index (κ3) is 4.98. The summed E-state index contributed by atoms with van der Waals surface area (Å²) in [5.74, 6) is 1.01. The molecule has 2 aliphatic rings. The van der Waals surface area contributed by atoms with Crippen molar-refractivity contribution in [3.05, 3.63) is 30.2 Å². The van der Waals surface area contributed by atoms with Gasteiger partial charge >= 0.3 is 11.8 Å². The van der Waals surface area contributed by atoms with E-state index in [0.717, 1.165) is 38.5 Å². The van der Waals surface area contributed by atoms with Gasteiger partial charge in [-0.2, -0.15) is 4.31 Å². The first kappa shape index (κ1) is 22.0. The highest BCUT2D eigenvalue weighted by Crippen LogP contribution is 2.26. The topological polar surface area (TPSA) is 105 Å². The molecule has 8 nitrogen and oxygen atoms in total. The van der Waals surface area contributed by atoms with E-state index in [-0.39, 0.29) is 28.6 Å². The van der Waals surface area contributed by atoms with Crippen molar-refractivity contribution in [3.63, 3.8) is 0 Å². The van der Waals surface area contributed by atoms with Crippen LogP contribution in [0.1, 0.15) is 63.1 Å². The van der Waals surface area contributed by atoms with Crippen LogP contribution in [0.5, 0.6) is 0 Å². The molecular weight excluding hydrogens is 416 g/mol. The summed E-state index contributed by atoms with van der Waals surface area (Å²) in [6.45, 7) is 5.47. The summed E-state index contributed by atoms with van der Waals surface area (Å²) in [4.78, 5) is 12.7. The van der Waals surface area contributed by atoms with Crippen LogP contribution >= 0.6 is 0 Å². The molecule has 0 atom stereocenters. The first-order chi connectivity index (χ1) is 14.8. The maximum atomic E-state index is 12.9. The largest absolute Gasteiger partial charge is 0.412 e. The van der Waals surface area contributed by atoms with Crippen molar-refractivity contribution in [2.75, 3.05) is 13.1 Å². The van der Waals surface area contributed by atoms with E-state index < -0.39 is 10.0 Å². The quantitative estimate of drug-likeness (QED) is 0.754. The van der Waals surface area contributed by atoms with Crippen LogP contribution in [0.3, 0.4) is 0 Å². The highest BCUT2D eigenvalue weighted by Gasteiger charge is 2.28. The lowest BCUT2D eigenvalue weighted by atomic mass is 9.87. The summed E-state index contributed by atoms with van der Waals surface area (Å²) >= 11 is 0. The van der Waals surface area contributed by atoms with Crippen LogP contribution < -0.4 is 5.32 Å². The summed E-state index contributed by atoms with van der Waals surface area (Å²) in [5, 5.41) is 10.8. The lowest BCUT2D eigenvalue weighted by molar-refractivity contribution is 0.0888. The summed E-state index contributed by atoms with van der Waals surface area (Å²) < 4.78 is 32.8. The highest BCUT2D eigenvalue weighted by atomic mass is 32.2. The monoisotopic (exact) mass is 446 g/mol. The molecule has 0 radical (unpaired) electrons. The minimum absolute atomic E-state index is 0.0762. The van der Waals surface area contributed by atoms with Crippen LogP contribution in [0, 0.1) is 11.8 Å². The minimum atomic E-state index is -3.51. The van der Waals surface area contributed by atoms with Crippen molar-refractivity contribution in [1.82, 2.24) is 19.8 Å². The van der Waals surface area contributed by atoms with Crippen molar-refractivity contribution >= 4 is 15.9 Å². The molecule has 1 aliphatic carbocycles. The molecule has 1 saturated carbocycles. The van der Waals surface area contributed by atoms with Crippen molar-refractivity contribution in [2.24, 2.45) is 11.8 Å². The Morgan fingerprint density at radius 3 is 2.23 bits per heavy atom. The Labute approximate surface area is 183 Å². The smallest absolute Gasteiger partial charge is 0.309 e. The van der Waals surface area contributed by atoms with Gasteiger partial charge in [-0.1, -0.05) is 13.8 Å². The molecule has 1 aromatic carbocycles. The second-order valence-corrected chi connectivity index (χ2v) is 10.9. The Morgan fingerprint density at radius 1 is 0.968 bits per heavy atom. The van der Waals surface area contributed by atoms with Crippen LogP contribution in [0.15, 0.2) is 33.6 Å². The van der Waals surface area contributed by atoms with Gasteiger partial charge in [0.2, 0.25) is 15.9 Å². The van der Waals surface area contributed by atoms with Gasteiger partial charge in [0.05, 0.1) is 4.90 Å². The summed E-state index contributed by atoms with van der Waals surface area (Å²) in [6, 6.07) is 6.52. The van der Waals surface area contributed by atoms with Crippen molar-refractivity contribution in [2.45, 2.75) is 63.3 Å².